The maximum atomic E-state index is 5.53. The van der Waals surface area contributed by atoms with Crippen molar-refractivity contribution in [3.63, 3.8) is 0 Å². The zero-order valence-corrected chi connectivity index (χ0v) is 12.6. The smallest absolute Gasteiger partial charge is 0.263 e. The average molecular weight is 287 g/mol. The van der Waals surface area contributed by atoms with Crippen LogP contribution in [0.5, 0.6) is 0 Å². The van der Waals surface area contributed by atoms with Gasteiger partial charge in [-0.25, -0.2) is 0 Å². The van der Waals surface area contributed by atoms with Gasteiger partial charge in [-0.15, -0.1) is 0 Å². The molecule has 7 nitrogen and oxygen atoms in total. The first kappa shape index (κ1) is 15.0. The Hall–Kier alpha value is -2.44. The molecule has 0 amide bonds. The second kappa shape index (κ2) is 6.83. The Kier molecular flexibility index (Phi) is 4.86. The molecule has 0 aliphatic heterocycles. The maximum absolute atomic E-state index is 5.53. The number of tetrazole rings is 1. The molecule has 0 aliphatic carbocycles. The van der Waals surface area contributed by atoms with Gasteiger partial charge in [-0.2, -0.15) is 5.10 Å². The largest absolute Gasteiger partial charge is 0.375 e. The zero-order chi connectivity index (χ0) is 15.2. The average Bonchev–Trinajstić information content (AvgIpc) is 2.88. The molecule has 0 fully saturated rings. The Bertz CT molecular complexity index is 586. The van der Waals surface area contributed by atoms with Crippen LogP contribution in [0.4, 0.5) is 11.6 Å². The minimum Gasteiger partial charge on any atom is -0.375 e. The van der Waals surface area contributed by atoms with Gasteiger partial charge in [0.1, 0.15) is 0 Å². The van der Waals surface area contributed by atoms with E-state index in [9.17, 15) is 0 Å². The van der Waals surface area contributed by atoms with E-state index in [1.54, 1.807) is 6.21 Å². The Morgan fingerprint density at radius 2 is 2.05 bits per heavy atom. The number of benzene rings is 1. The van der Waals surface area contributed by atoms with E-state index in [-0.39, 0.29) is 5.95 Å². The molecule has 1 aromatic heterocycles. The molecule has 112 valence electrons. The molecular formula is C14H21N7. The Morgan fingerprint density at radius 1 is 1.33 bits per heavy atom. The van der Waals surface area contributed by atoms with Gasteiger partial charge < -0.3 is 10.6 Å². The fourth-order valence-corrected chi connectivity index (χ4v) is 1.79. The topological polar surface area (TPSA) is 85.2 Å². The second-order valence-corrected chi connectivity index (χ2v) is 5.37. The normalized spacial score (nSPS) is 11.4. The number of hydrogen-bond donors (Lipinski definition) is 1. The van der Waals surface area contributed by atoms with Crippen LogP contribution in [0.25, 0.3) is 0 Å². The minimum absolute atomic E-state index is 0.163. The first-order valence-electron chi connectivity index (χ1n) is 6.95. The highest BCUT2D eigenvalue weighted by molar-refractivity contribution is 5.80. The van der Waals surface area contributed by atoms with Crippen LogP contribution in [0.2, 0.25) is 0 Å². The summed E-state index contributed by atoms with van der Waals surface area (Å²) in [6.45, 7) is 5.52. The lowest BCUT2D eigenvalue weighted by molar-refractivity contribution is 0.585. The van der Waals surface area contributed by atoms with Crippen LogP contribution in [0.3, 0.4) is 0 Å². The van der Waals surface area contributed by atoms with Crippen molar-refractivity contribution in [3.8, 4) is 0 Å². The number of nitrogens with two attached hydrogens (primary N) is 1. The third-order valence-corrected chi connectivity index (χ3v) is 3.17. The van der Waals surface area contributed by atoms with E-state index in [4.69, 9.17) is 5.73 Å². The summed E-state index contributed by atoms with van der Waals surface area (Å²) in [4.78, 5) is 3.43. The van der Waals surface area contributed by atoms with E-state index in [0.29, 0.717) is 5.92 Å². The van der Waals surface area contributed by atoms with Gasteiger partial charge in [0.15, 0.2) is 0 Å². The third-order valence-electron chi connectivity index (χ3n) is 3.17. The summed E-state index contributed by atoms with van der Waals surface area (Å²) in [7, 11) is 2.10. The molecule has 21 heavy (non-hydrogen) atoms. The van der Waals surface area contributed by atoms with E-state index < -0.39 is 0 Å². The van der Waals surface area contributed by atoms with Gasteiger partial charge in [-0.05, 0) is 40.5 Å². The summed E-state index contributed by atoms with van der Waals surface area (Å²) >= 11 is 0. The van der Waals surface area contributed by atoms with Gasteiger partial charge >= 0.3 is 0 Å². The molecule has 1 aromatic carbocycles. The van der Waals surface area contributed by atoms with Crippen molar-refractivity contribution in [3.05, 3.63) is 29.8 Å². The predicted octanol–water partition coefficient (Wildman–Crippen LogP) is 1.62. The van der Waals surface area contributed by atoms with Gasteiger partial charge in [-0.1, -0.05) is 35.9 Å². The van der Waals surface area contributed by atoms with Crippen LogP contribution in [-0.2, 0) is 0 Å². The van der Waals surface area contributed by atoms with Crippen molar-refractivity contribution >= 4 is 17.9 Å². The quantitative estimate of drug-likeness (QED) is 0.816. The molecule has 2 aromatic rings. The summed E-state index contributed by atoms with van der Waals surface area (Å²) in [5, 5.41) is 14.7. The molecule has 2 N–H and O–H groups in total. The molecule has 0 aliphatic rings. The summed E-state index contributed by atoms with van der Waals surface area (Å²) in [6.07, 6.45) is 2.85. The highest BCUT2D eigenvalue weighted by Gasteiger charge is 2.02. The van der Waals surface area contributed by atoms with Crippen molar-refractivity contribution in [2.24, 2.45) is 11.0 Å². The molecular weight excluding hydrogens is 266 g/mol. The standard InChI is InChI=1S/C14H21N7/c1-11(2)8-9-20(3)13-6-4-12(5-7-13)10-16-21-14(15)17-18-19-21/h4-7,10-11H,8-9H2,1-3H3,(H2,15,17,19). The molecule has 0 atom stereocenters. The molecule has 7 heteroatoms. The fraction of sp³-hybridized carbons (Fsp3) is 0.429. The molecule has 2 rings (SSSR count). The Balaban J connectivity index is 1.99. The van der Waals surface area contributed by atoms with Crippen molar-refractivity contribution in [2.45, 2.75) is 20.3 Å². The van der Waals surface area contributed by atoms with E-state index in [0.717, 1.165) is 12.1 Å². The van der Waals surface area contributed by atoms with Crippen molar-refractivity contribution in [1.82, 2.24) is 20.3 Å². The SMILES string of the molecule is CC(C)CCN(C)c1ccc(C=Nn2nnnc2N)cc1. The molecule has 0 saturated heterocycles. The van der Waals surface area contributed by atoms with Gasteiger partial charge in [0.25, 0.3) is 5.95 Å². The zero-order valence-electron chi connectivity index (χ0n) is 12.6. The Morgan fingerprint density at radius 3 is 2.62 bits per heavy atom. The first-order chi connectivity index (χ1) is 10.1. The molecule has 1 heterocycles. The number of nitrogens with zero attached hydrogens (tertiary/aromatic N) is 6. The highest BCUT2D eigenvalue weighted by Crippen LogP contribution is 2.14. The number of nitrogen functional groups attached to an aromatic ring is 1. The summed E-state index contributed by atoms with van der Waals surface area (Å²) in [6, 6.07) is 8.16. The predicted molar refractivity (Wildman–Crippen MR) is 84.4 cm³/mol. The van der Waals surface area contributed by atoms with Crippen LogP contribution >= 0.6 is 0 Å². The fourth-order valence-electron chi connectivity index (χ4n) is 1.79. The minimum atomic E-state index is 0.163. The summed E-state index contributed by atoms with van der Waals surface area (Å²) in [5.74, 6) is 0.872. The van der Waals surface area contributed by atoms with Gasteiger partial charge in [0, 0.05) is 19.3 Å². The molecule has 0 saturated carbocycles. The lowest BCUT2D eigenvalue weighted by Crippen LogP contribution is -2.19. The van der Waals surface area contributed by atoms with Crippen molar-refractivity contribution < 1.29 is 0 Å². The summed E-state index contributed by atoms with van der Waals surface area (Å²) < 4.78 is 0. The van der Waals surface area contributed by atoms with Crippen LogP contribution in [-0.4, -0.2) is 40.1 Å². The number of hydrogen-bond acceptors (Lipinski definition) is 6. The first-order valence-corrected chi connectivity index (χ1v) is 6.95. The second-order valence-electron chi connectivity index (χ2n) is 5.37. The van der Waals surface area contributed by atoms with E-state index in [1.807, 2.05) is 12.1 Å². The van der Waals surface area contributed by atoms with Crippen LogP contribution < -0.4 is 10.6 Å². The van der Waals surface area contributed by atoms with Crippen molar-refractivity contribution in [1.29, 1.82) is 0 Å². The molecule has 0 bridgehead atoms. The Labute approximate surface area is 124 Å². The molecule has 0 radical (unpaired) electrons. The monoisotopic (exact) mass is 287 g/mol. The lowest BCUT2D eigenvalue weighted by Gasteiger charge is -2.20. The number of anilines is 2. The van der Waals surface area contributed by atoms with Gasteiger partial charge in [0.05, 0.1) is 6.21 Å². The number of aromatic nitrogens is 4. The summed E-state index contributed by atoms with van der Waals surface area (Å²) in [5.41, 5.74) is 7.69. The molecule has 0 spiro atoms. The van der Waals surface area contributed by atoms with Gasteiger partial charge in [-0.3, -0.25) is 0 Å². The highest BCUT2D eigenvalue weighted by atomic mass is 15.7. The van der Waals surface area contributed by atoms with Crippen LogP contribution in [0.15, 0.2) is 29.4 Å². The lowest BCUT2D eigenvalue weighted by atomic mass is 10.1. The van der Waals surface area contributed by atoms with E-state index in [1.165, 1.54) is 16.9 Å². The van der Waals surface area contributed by atoms with Crippen LogP contribution in [0, 0.1) is 5.92 Å². The maximum Gasteiger partial charge on any atom is 0.263 e. The van der Waals surface area contributed by atoms with Crippen molar-refractivity contribution in [2.75, 3.05) is 24.2 Å². The van der Waals surface area contributed by atoms with Crippen LogP contribution in [0.1, 0.15) is 25.8 Å². The van der Waals surface area contributed by atoms with E-state index >= 15 is 0 Å². The number of rotatable bonds is 6. The van der Waals surface area contributed by atoms with Gasteiger partial charge in [0.2, 0.25) is 0 Å². The molecule has 0 unspecified atom stereocenters. The third kappa shape index (κ3) is 4.27. The van der Waals surface area contributed by atoms with E-state index in [2.05, 4.69) is 58.6 Å².